The van der Waals surface area contributed by atoms with Gasteiger partial charge in [0.05, 0.1) is 22.9 Å². The number of aromatic carboxylic acids is 1. The van der Waals surface area contributed by atoms with E-state index >= 15 is 0 Å². The number of rotatable bonds is 18. The molecule has 2 aromatic heterocycles. The van der Waals surface area contributed by atoms with E-state index in [1.165, 1.54) is 22.9 Å². The fraction of sp³-hybridized carbons (Fsp3) is 0.467. The summed E-state index contributed by atoms with van der Waals surface area (Å²) in [7, 11) is 2.09. The zero-order valence-electron chi connectivity index (χ0n) is 33.8. The van der Waals surface area contributed by atoms with E-state index in [-0.39, 0.29) is 22.6 Å². The molecule has 0 spiro atoms. The maximum absolute atomic E-state index is 12.8. The van der Waals surface area contributed by atoms with Gasteiger partial charge in [-0.3, -0.25) is 0 Å². The number of allylic oxidation sites excluding steroid dienone is 2. The maximum atomic E-state index is 12.8. The molecule has 302 valence electrons. The first-order valence-corrected chi connectivity index (χ1v) is 21.9. The van der Waals surface area contributed by atoms with Crippen LogP contribution in [0.3, 0.4) is 0 Å². The summed E-state index contributed by atoms with van der Waals surface area (Å²) in [4.78, 5) is 26.9. The number of carboxylic acid groups (broad SMARTS) is 1. The van der Waals surface area contributed by atoms with Gasteiger partial charge in [0.25, 0.3) is 0 Å². The van der Waals surface area contributed by atoms with Gasteiger partial charge in [0.1, 0.15) is 10.8 Å². The first kappa shape index (κ1) is 41.1. The molecule has 0 radical (unpaired) electrons. The number of pyridine rings is 1. The smallest absolute Gasteiger partial charge is 0.355 e. The van der Waals surface area contributed by atoms with Gasteiger partial charge in [-0.2, -0.15) is 0 Å². The third-order valence-corrected chi connectivity index (χ3v) is 13.6. The Labute approximate surface area is 345 Å². The molecule has 0 saturated heterocycles. The molecule has 1 aliphatic heterocycles. The van der Waals surface area contributed by atoms with E-state index in [9.17, 15) is 9.90 Å². The second-order valence-electron chi connectivity index (χ2n) is 16.8. The minimum Gasteiger partial charge on any atom is -0.476 e. The van der Waals surface area contributed by atoms with Crippen LogP contribution in [0.2, 0.25) is 0 Å². The Morgan fingerprint density at radius 1 is 1.18 bits per heavy atom. The van der Waals surface area contributed by atoms with Gasteiger partial charge in [-0.1, -0.05) is 62.8 Å². The molecule has 3 unspecified atom stereocenters. The van der Waals surface area contributed by atoms with Gasteiger partial charge in [-0.25, -0.2) is 14.8 Å². The number of fused-ring (bicyclic) bond motifs is 3. The Morgan fingerprint density at radius 2 is 2.00 bits per heavy atom. The molecule has 7 rings (SSSR count). The second-order valence-corrected chi connectivity index (χ2v) is 18.5. The monoisotopic (exact) mass is 808 g/mol. The molecule has 2 aliphatic carbocycles. The number of para-hydroxylation sites is 1. The summed E-state index contributed by atoms with van der Waals surface area (Å²) < 4.78 is 16.7. The molecule has 0 bridgehead atoms. The quantitative estimate of drug-likeness (QED) is 0.0334. The average molecular weight is 809 g/mol. The van der Waals surface area contributed by atoms with E-state index in [1.807, 2.05) is 37.3 Å². The maximum Gasteiger partial charge on any atom is 0.355 e. The highest BCUT2D eigenvalue weighted by atomic mass is 32.2. The highest BCUT2D eigenvalue weighted by molar-refractivity contribution is 7.93. The molecule has 57 heavy (non-hydrogen) atoms. The number of hydrogen-bond donors (Lipinski definition) is 4. The van der Waals surface area contributed by atoms with Crippen LogP contribution in [0.4, 0.5) is 5.82 Å². The molecule has 3 aliphatic rings. The summed E-state index contributed by atoms with van der Waals surface area (Å²) in [5, 5.41) is 23.6. The lowest BCUT2D eigenvalue weighted by Crippen LogP contribution is -2.51. The SMILES string of the molecule is C/C(NCC12CC(OCCN(C)CCCSO)C=C1C(C)(CC(C)C)C2)=C(/C=N)c1ccc(N2CCc3cccc(-c4nc5ccccc5s4)c3C2)nc1C(=O)O. The Kier molecular flexibility index (Phi) is 12.6. The minimum absolute atomic E-state index is 0.0399. The molecule has 2 aromatic carbocycles. The minimum atomic E-state index is -1.12. The fourth-order valence-corrected chi connectivity index (χ4v) is 11.0. The number of nitrogens with zero attached hydrogens (tertiary/aromatic N) is 4. The molecular formula is C45H56N6O4S2. The van der Waals surface area contributed by atoms with Crippen LogP contribution in [-0.4, -0.2) is 88.4 Å². The fourth-order valence-electron chi connectivity index (χ4n) is 9.71. The molecule has 1 saturated carbocycles. The summed E-state index contributed by atoms with van der Waals surface area (Å²) in [6, 6.07) is 18.3. The average Bonchev–Trinajstić information content (AvgIpc) is 3.76. The van der Waals surface area contributed by atoms with Gasteiger partial charge in [0.15, 0.2) is 5.69 Å². The van der Waals surface area contributed by atoms with Crippen LogP contribution in [0, 0.1) is 22.2 Å². The zero-order chi connectivity index (χ0) is 40.3. The summed E-state index contributed by atoms with van der Waals surface area (Å²) in [6.07, 6.45) is 8.49. The van der Waals surface area contributed by atoms with Crippen molar-refractivity contribution < 1.29 is 19.2 Å². The number of aromatic nitrogens is 2. The van der Waals surface area contributed by atoms with Gasteiger partial charge < -0.3 is 34.9 Å². The lowest BCUT2D eigenvalue weighted by Gasteiger charge is -2.56. The molecule has 10 nitrogen and oxygen atoms in total. The number of likely N-dealkylation sites (N-methyl/N-ethyl adjacent to an activating group) is 1. The summed E-state index contributed by atoms with van der Waals surface area (Å²) >= 11 is 2.58. The van der Waals surface area contributed by atoms with Gasteiger partial charge >= 0.3 is 5.97 Å². The summed E-state index contributed by atoms with van der Waals surface area (Å²) in [5.41, 5.74) is 7.74. The van der Waals surface area contributed by atoms with Crippen LogP contribution in [0.25, 0.3) is 26.4 Å². The van der Waals surface area contributed by atoms with Gasteiger partial charge in [0.2, 0.25) is 0 Å². The Hall–Kier alpha value is -4.07. The highest BCUT2D eigenvalue weighted by Crippen LogP contribution is 2.66. The van der Waals surface area contributed by atoms with Crippen molar-refractivity contribution >= 4 is 57.2 Å². The normalized spacial score (nSPS) is 21.9. The molecule has 3 heterocycles. The van der Waals surface area contributed by atoms with E-state index in [0.717, 1.165) is 89.5 Å². The van der Waals surface area contributed by atoms with Crippen LogP contribution in [0.5, 0.6) is 0 Å². The van der Waals surface area contributed by atoms with Crippen molar-refractivity contribution in [2.75, 3.05) is 50.5 Å². The van der Waals surface area contributed by atoms with Crippen molar-refractivity contribution in [3.05, 3.63) is 94.3 Å². The zero-order valence-corrected chi connectivity index (χ0v) is 35.4. The van der Waals surface area contributed by atoms with Crippen molar-refractivity contribution in [2.45, 2.75) is 72.4 Å². The Bertz CT molecular complexity index is 2150. The van der Waals surface area contributed by atoms with E-state index in [1.54, 1.807) is 11.3 Å². The number of carbonyl (C=O) groups is 1. The Morgan fingerprint density at radius 3 is 2.75 bits per heavy atom. The van der Waals surface area contributed by atoms with E-state index in [2.05, 4.69) is 73.3 Å². The Balaban J connectivity index is 1.08. The number of nitrogens with one attached hydrogen (secondary N) is 2. The lowest BCUT2D eigenvalue weighted by molar-refractivity contribution is 0.0175. The van der Waals surface area contributed by atoms with E-state index in [0.29, 0.717) is 49.1 Å². The largest absolute Gasteiger partial charge is 0.476 e. The van der Waals surface area contributed by atoms with Crippen molar-refractivity contribution in [3.8, 4) is 10.6 Å². The first-order chi connectivity index (χ1) is 27.4. The topological polar surface area (TPSA) is 135 Å². The highest BCUT2D eigenvalue weighted by Gasteiger charge is 2.59. The van der Waals surface area contributed by atoms with Gasteiger partial charge in [-0.05, 0) is 111 Å². The summed E-state index contributed by atoms with van der Waals surface area (Å²) in [5.74, 6) is 0.797. The summed E-state index contributed by atoms with van der Waals surface area (Å²) in [6.45, 7) is 13.3. The molecule has 4 N–H and O–H groups in total. The number of carboxylic acids is 1. The number of thiazole rings is 1. The van der Waals surface area contributed by atoms with Crippen molar-refractivity contribution in [1.29, 1.82) is 5.41 Å². The predicted molar refractivity (Wildman–Crippen MR) is 235 cm³/mol. The van der Waals surface area contributed by atoms with Crippen LogP contribution in [0.15, 0.2) is 71.9 Å². The molecule has 0 amide bonds. The van der Waals surface area contributed by atoms with Crippen LogP contribution < -0.4 is 10.2 Å². The van der Waals surface area contributed by atoms with E-state index in [4.69, 9.17) is 24.7 Å². The van der Waals surface area contributed by atoms with Crippen LogP contribution in [-0.2, 0) is 17.7 Å². The molecule has 1 fully saturated rings. The standard InChI is InChI=1S/C45H56N6O4S2/c1-29(2)23-44(4)27-45(24-32(22-39(44)45)55-20-19-50(5)17-9-21-56-54)28-47-30(3)35(25-46)33-14-15-40(49-41(33)43(52)53)51-18-16-31-10-8-11-34(36(31)26-51)42-48-37-12-6-7-13-38(37)57-42/h6-8,10-15,22,25,29,32,46-47,54H,9,16-21,23-24,26-28H2,1-5H3,(H,52,53)/b35-30+,46-25?. The third kappa shape index (κ3) is 8.71. The number of anilines is 1. The number of ether oxygens (including phenoxy) is 1. The first-order valence-electron chi connectivity index (χ1n) is 20.1. The van der Waals surface area contributed by atoms with Crippen molar-refractivity contribution in [2.24, 2.45) is 16.7 Å². The van der Waals surface area contributed by atoms with Crippen LogP contribution in [0.1, 0.15) is 80.6 Å². The van der Waals surface area contributed by atoms with Gasteiger partial charge in [0, 0.05) is 66.0 Å². The predicted octanol–water partition coefficient (Wildman–Crippen LogP) is 9.28. The molecule has 4 aromatic rings. The lowest BCUT2D eigenvalue weighted by atomic mass is 9.48. The third-order valence-electron chi connectivity index (χ3n) is 12.1. The number of benzene rings is 2. The molecular weight excluding hydrogens is 753 g/mol. The van der Waals surface area contributed by atoms with Crippen LogP contribution >= 0.6 is 23.4 Å². The van der Waals surface area contributed by atoms with Gasteiger partial charge in [-0.15, -0.1) is 11.3 Å². The number of hydrogen-bond acceptors (Lipinski definition) is 11. The van der Waals surface area contributed by atoms with Crippen molar-refractivity contribution in [3.63, 3.8) is 0 Å². The second kappa shape index (κ2) is 17.4. The molecule has 3 atom stereocenters. The molecule has 12 heteroatoms. The van der Waals surface area contributed by atoms with Crippen molar-refractivity contribution in [1.82, 2.24) is 20.2 Å². The van der Waals surface area contributed by atoms with E-state index < -0.39 is 5.97 Å².